The Morgan fingerprint density at radius 1 is 1.31 bits per heavy atom. The zero-order chi connectivity index (χ0) is 10.8. The fourth-order valence-corrected chi connectivity index (χ4v) is 3.17. The number of rotatable bonds is 1. The Bertz CT molecular complexity index is 438. The van der Waals surface area contributed by atoms with Gasteiger partial charge in [0, 0.05) is 22.7 Å². The standard InChI is InChI=1S/C13H15NOS/c1-2-5-12-10(4-1)8-13(16-12)11-9-14-6-3-7-15-11/h1-2,4-5,8,11,14H,3,6-7,9H2. The Labute approximate surface area is 99.2 Å². The molecule has 16 heavy (non-hydrogen) atoms. The molecule has 2 nitrogen and oxygen atoms in total. The van der Waals surface area contributed by atoms with Gasteiger partial charge in [-0.1, -0.05) is 18.2 Å². The van der Waals surface area contributed by atoms with E-state index in [1.54, 1.807) is 0 Å². The summed E-state index contributed by atoms with van der Waals surface area (Å²) in [5, 5.41) is 4.75. The second kappa shape index (κ2) is 4.53. The first-order valence-electron chi connectivity index (χ1n) is 5.74. The maximum Gasteiger partial charge on any atom is 0.104 e. The van der Waals surface area contributed by atoms with Crippen LogP contribution in [0.4, 0.5) is 0 Å². The topological polar surface area (TPSA) is 21.3 Å². The van der Waals surface area contributed by atoms with E-state index in [4.69, 9.17) is 4.74 Å². The van der Waals surface area contributed by atoms with Crippen molar-refractivity contribution in [1.29, 1.82) is 0 Å². The summed E-state index contributed by atoms with van der Waals surface area (Å²) in [6, 6.07) is 10.8. The van der Waals surface area contributed by atoms with E-state index in [2.05, 4.69) is 35.6 Å². The van der Waals surface area contributed by atoms with Gasteiger partial charge >= 0.3 is 0 Å². The van der Waals surface area contributed by atoms with E-state index in [-0.39, 0.29) is 6.10 Å². The summed E-state index contributed by atoms with van der Waals surface area (Å²) in [5.74, 6) is 0. The van der Waals surface area contributed by atoms with Crippen molar-refractivity contribution < 1.29 is 4.74 Å². The maximum absolute atomic E-state index is 5.87. The lowest BCUT2D eigenvalue weighted by Gasteiger charge is -2.12. The number of fused-ring (bicyclic) bond motifs is 1. The van der Waals surface area contributed by atoms with E-state index in [1.165, 1.54) is 15.0 Å². The molecule has 1 atom stereocenters. The quantitative estimate of drug-likeness (QED) is 0.817. The summed E-state index contributed by atoms with van der Waals surface area (Å²) in [5.41, 5.74) is 0. The highest BCUT2D eigenvalue weighted by Crippen LogP contribution is 2.31. The molecule has 1 unspecified atom stereocenters. The molecule has 1 aliphatic heterocycles. The smallest absolute Gasteiger partial charge is 0.104 e. The van der Waals surface area contributed by atoms with Crippen molar-refractivity contribution in [2.75, 3.05) is 19.7 Å². The number of thiophene rings is 1. The van der Waals surface area contributed by atoms with Gasteiger partial charge in [-0.2, -0.15) is 0 Å². The van der Waals surface area contributed by atoms with E-state index in [9.17, 15) is 0 Å². The summed E-state index contributed by atoms with van der Waals surface area (Å²) in [6.07, 6.45) is 1.35. The molecule has 1 N–H and O–H groups in total. The van der Waals surface area contributed by atoms with Gasteiger partial charge in [-0.15, -0.1) is 11.3 Å². The van der Waals surface area contributed by atoms with Gasteiger partial charge in [-0.05, 0) is 30.5 Å². The fraction of sp³-hybridized carbons (Fsp3) is 0.385. The van der Waals surface area contributed by atoms with E-state index in [0.717, 1.165) is 26.1 Å². The van der Waals surface area contributed by atoms with Gasteiger partial charge in [-0.25, -0.2) is 0 Å². The lowest BCUT2D eigenvalue weighted by atomic mass is 10.2. The predicted molar refractivity (Wildman–Crippen MR) is 68.0 cm³/mol. The van der Waals surface area contributed by atoms with Crippen LogP contribution >= 0.6 is 11.3 Å². The maximum atomic E-state index is 5.87. The highest BCUT2D eigenvalue weighted by molar-refractivity contribution is 7.19. The van der Waals surface area contributed by atoms with Crippen molar-refractivity contribution >= 4 is 21.4 Å². The van der Waals surface area contributed by atoms with Crippen molar-refractivity contribution in [2.45, 2.75) is 12.5 Å². The van der Waals surface area contributed by atoms with Gasteiger partial charge < -0.3 is 10.1 Å². The molecular formula is C13H15NOS. The predicted octanol–water partition coefficient (Wildman–Crippen LogP) is 2.95. The highest BCUT2D eigenvalue weighted by atomic mass is 32.1. The molecular weight excluding hydrogens is 218 g/mol. The van der Waals surface area contributed by atoms with Gasteiger partial charge in [-0.3, -0.25) is 0 Å². The zero-order valence-electron chi connectivity index (χ0n) is 9.11. The third-order valence-electron chi connectivity index (χ3n) is 2.91. The van der Waals surface area contributed by atoms with E-state index in [0.29, 0.717) is 0 Å². The van der Waals surface area contributed by atoms with Gasteiger partial charge in [0.25, 0.3) is 0 Å². The second-order valence-electron chi connectivity index (χ2n) is 4.10. The molecule has 0 radical (unpaired) electrons. The zero-order valence-corrected chi connectivity index (χ0v) is 9.93. The lowest BCUT2D eigenvalue weighted by Crippen LogP contribution is -2.19. The van der Waals surface area contributed by atoms with Crippen molar-refractivity contribution in [1.82, 2.24) is 5.32 Å². The molecule has 0 spiro atoms. The first-order valence-corrected chi connectivity index (χ1v) is 6.56. The van der Waals surface area contributed by atoms with E-state index >= 15 is 0 Å². The van der Waals surface area contributed by atoms with Gasteiger partial charge in [0.05, 0.1) is 0 Å². The number of nitrogens with one attached hydrogen (secondary N) is 1. The van der Waals surface area contributed by atoms with Crippen LogP contribution in [0.25, 0.3) is 10.1 Å². The molecule has 1 aromatic carbocycles. The van der Waals surface area contributed by atoms with Crippen molar-refractivity contribution in [3.8, 4) is 0 Å². The second-order valence-corrected chi connectivity index (χ2v) is 5.22. The number of ether oxygens (including phenoxy) is 1. The van der Waals surface area contributed by atoms with Gasteiger partial charge in [0.2, 0.25) is 0 Å². The summed E-state index contributed by atoms with van der Waals surface area (Å²) >= 11 is 1.85. The van der Waals surface area contributed by atoms with E-state index < -0.39 is 0 Å². The van der Waals surface area contributed by atoms with Crippen LogP contribution in [0, 0.1) is 0 Å². The SMILES string of the molecule is c1ccc2sc(C3CNCCCO3)cc2c1. The third kappa shape index (κ3) is 1.98. The molecule has 1 saturated heterocycles. The number of benzene rings is 1. The average molecular weight is 233 g/mol. The normalized spacial score (nSPS) is 22.1. The minimum atomic E-state index is 0.236. The molecule has 2 aromatic rings. The minimum absolute atomic E-state index is 0.236. The molecule has 1 fully saturated rings. The van der Waals surface area contributed by atoms with Crippen LogP contribution in [0.3, 0.4) is 0 Å². The molecule has 1 aromatic heterocycles. The van der Waals surface area contributed by atoms with Crippen LogP contribution in [-0.2, 0) is 4.74 Å². The molecule has 1 aliphatic rings. The third-order valence-corrected chi connectivity index (χ3v) is 4.12. The number of hydrogen-bond donors (Lipinski definition) is 1. The van der Waals surface area contributed by atoms with Crippen LogP contribution in [0.15, 0.2) is 30.3 Å². The first kappa shape index (κ1) is 10.3. The summed E-state index contributed by atoms with van der Waals surface area (Å²) in [7, 11) is 0. The highest BCUT2D eigenvalue weighted by Gasteiger charge is 2.16. The Morgan fingerprint density at radius 2 is 2.25 bits per heavy atom. The lowest BCUT2D eigenvalue weighted by molar-refractivity contribution is 0.0694. The van der Waals surface area contributed by atoms with Gasteiger partial charge in [0.15, 0.2) is 0 Å². The summed E-state index contributed by atoms with van der Waals surface area (Å²) < 4.78 is 7.22. The molecule has 84 valence electrons. The first-order chi connectivity index (χ1) is 7.93. The van der Waals surface area contributed by atoms with Crippen molar-refractivity contribution in [3.05, 3.63) is 35.2 Å². The monoisotopic (exact) mass is 233 g/mol. The Morgan fingerprint density at radius 3 is 3.19 bits per heavy atom. The van der Waals surface area contributed by atoms with Crippen LogP contribution in [0.5, 0.6) is 0 Å². The average Bonchev–Trinajstić information content (AvgIpc) is 2.56. The number of hydrogen-bond acceptors (Lipinski definition) is 3. The molecule has 2 heterocycles. The molecule has 0 aliphatic carbocycles. The fourth-order valence-electron chi connectivity index (χ4n) is 2.06. The largest absolute Gasteiger partial charge is 0.371 e. The molecule has 0 saturated carbocycles. The molecule has 0 amide bonds. The Hall–Kier alpha value is -0.900. The Balaban J connectivity index is 1.92. The molecule has 3 heteroatoms. The van der Waals surface area contributed by atoms with Crippen LogP contribution in [0.1, 0.15) is 17.4 Å². The molecule has 0 bridgehead atoms. The van der Waals surface area contributed by atoms with Crippen LogP contribution in [0.2, 0.25) is 0 Å². The molecule has 3 rings (SSSR count). The van der Waals surface area contributed by atoms with Crippen LogP contribution < -0.4 is 5.32 Å². The summed E-state index contributed by atoms with van der Waals surface area (Å²) in [4.78, 5) is 1.34. The van der Waals surface area contributed by atoms with Gasteiger partial charge in [0.1, 0.15) is 6.10 Å². The van der Waals surface area contributed by atoms with Crippen LogP contribution in [-0.4, -0.2) is 19.7 Å². The van der Waals surface area contributed by atoms with E-state index in [1.807, 2.05) is 11.3 Å². The Kier molecular flexibility index (Phi) is 2.91. The van der Waals surface area contributed by atoms with Crippen molar-refractivity contribution in [3.63, 3.8) is 0 Å². The minimum Gasteiger partial charge on any atom is -0.371 e. The van der Waals surface area contributed by atoms with Crippen molar-refractivity contribution in [2.24, 2.45) is 0 Å². The summed E-state index contributed by atoms with van der Waals surface area (Å²) in [6.45, 7) is 2.88.